The molecule has 0 saturated carbocycles. The second kappa shape index (κ2) is 4.75. The minimum Gasteiger partial charge on any atom is -0.372 e. The van der Waals surface area contributed by atoms with Crippen LogP contribution in [0.4, 0.5) is 24.5 Å². The maximum atomic E-state index is 12.6. The normalized spacial score (nSPS) is 20.3. The minimum atomic E-state index is -4.41. The first-order valence-electron chi connectivity index (χ1n) is 6.11. The van der Waals surface area contributed by atoms with E-state index in [9.17, 15) is 18.0 Å². The smallest absolute Gasteiger partial charge is 0.372 e. The first kappa shape index (κ1) is 13.7. The molecule has 19 heavy (non-hydrogen) atoms. The first-order valence-corrected chi connectivity index (χ1v) is 6.11. The van der Waals surface area contributed by atoms with Crippen molar-refractivity contribution >= 4 is 17.3 Å². The van der Waals surface area contributed by atoms with Gasteiger partial charge in [0.25, 0.3) is 0 Å². The average Bonchev–Trinajstić information content (AvgIpc) is 2.35. The van der Waals surface area contributed by atoms with Crippen LogP contribution in [0.25, 0.3) is 0 Å². The summed E-state index contributed by atoms with van der Waals surface area (Å²) in [5, 5.41) is 5.53. The minimum absolute atomic E-state index is 0.107. The van der Waals surface area contributed by atoms with Crippen molar-refractivity contribution in [2.24, 2.45) is 5.92 Å². The van der Waals surface area contributed by atoms with Crippen LogP contribution in [0, 0.1) is 5.92 Å². The van der Waals surface area contributed by atoms with Gasteiger partial charge in [0.1, 0.15) is 6.04 Å². The van der Waals surface area contributed by atoms with Gasteiger partial charge in [0.2, 0.25) is 5.91 Å². The van der Waals surface area contributed by atoms with Crippen molar-refractivity contribution in [3.8, 4) is 0 Å². The van der Waals surface area contributed by atoms with Crippen LogP contribution in [-0.4, -0.2) is 11.9 Å². The highest BCUT2D eigenvalue weighted by Crippen LogP contribution is 2.36. The van der Waals surface area contributed by atoms with E-state index in [4.69, 9.17) is 0 Å². The fourth-order valence-corrected chi connectivity index (χ4v) is 2.03. The average molecular weight is 272 g/mol. The van der Waals surface area contributed by atoms with E-state index in [0.717, 1.165) is 18.6 Å². The van der Waals surface area contributed by atoms with Gasteiger partial charge in [-0.1, -0.05) is 20.3 Å². The van der Waals surface area contributed by atoms with E-state index in [-0.39, 0.29) is 17.5 Å². The van der Waals surface area contributed by atoms with Crippen LogP contribution >= 0.6 is 0 Å². The quantitative estimate of drug-likeness (QED) is 0.865. The number of carbonyl (C=O) groups is 1. The summed E-state index contributed by atoms with van der Waals surface area (Å²) < 4.78 is 37.7. The van der Waals surface area contributed by atoms with Gasteiger partial charge in [0, 0.05) is 0 Å². The molecule has 3 nitrogen and oxygen atoms in total. The third-order valence-electron chi connectivity index (χ3n) is 3.41. The molecule has 0 aromatic heterocycles. The van der Waals surface area contributed by atoms with Gasteiger partial charge in [-0.25, -0.2) is 0 Å². The van der Waals surface area contributed by atoms with E-state index < -0.39 is 17.8 Å². The predicted octanol–water partition coefficient (Wildman–Crippen LogP) is 3.48. The summed E-state index contributed by atoms with van der Waals surface area (Å²) in [6.07, 6.45) is -3.60. The molecule has 2 atom stereocenters. The molecule has 1 aliphatic rings. The molecular weight excluding hydrogens is 257 g/mol. The number of alkyl halides is 3. The molecule has 2 rings (SSSR count). The Hall–Kier alpha value is -1.72. The van der Waals surface area contributed by atoms with Gasteiger partial charge in [0.15, 0.2) is 0 Å². The van der Waals surface area contributed by atoms with Gasteiger partial charge >= 0.3 is 6.18 Å². The Morgan fingerprint density at radius 3 is 2.58 bits per heavy atom. The Balaban J connectivity index is 2.31. The number of nitrogens with one attached hydrogen (secondary N) is 2. The van der Waals surface area contributed by atoms with Crippen LogP contribution < -0.4 is 10.6 Å². The molecule has 1 aliphatic heterocycles. The third kappa shape index (κ3) is 2.67. The van der Waals surface area contributed by atoms with Crippen LogP contribution in [-0.2, 0) is 11.0 Å². The van der Waals surface area contributed by atoms with Crippen LogP contribution in [0.15, 0.2) is 18.2 Å². The third-order valence-corrected chi connectivity index (χ3v) is 3.41. The highest BCUT2D eigenvalue weighted by atomic mass is 19.4. The number of carbonyl (C=O) groups excluding carboxylic acids is 1. The van der Waals surface area contributed by atoms with Gasteiger partial charge < -0.3 is 10.6 Å². The van der Waals surface area contributed by atoms with E-state index in [1.165, 1.54) is 6.07 Å². The molecule has 2 unspecified atom stereocenters. The summed E-state index contributed by atoms with van der Waals surface area (Å²) in [5.74, 6) is -0.184. The maximum Gasteiger partial charge on any atom is 0.416 e. The highest BCUT2D eigenvalue weighted by Gasteiger charge is 2.34. The molecule has 0 radical (unpaired) electrons. The molecule has 1 aromatic carbocycles. The second-order valence-electron chi connectivity index (χ2n) is 4.75. The van der Waals surface area contributed by atoms with E-state index in [2.05, 4.69) is 10.6 Å². The zero-order chi connectivity index (χ0) is 14.2. The van der Waals surface area contributed by atoms with E-state index in [1.807, 2.05) is 13.8 Å². The monoisotopic (exact) mass is 272 g/mol. The van der Waals surface area contributed by atoms with E-state index >= 15 is 0 Å². The van der Waals surface area contributed by atoms with Crippen molar-refractivity contribution in [2.45, 2.75) is 32.5 Å². The SMILES string of the molecule is CCC(C)C1Nc2ccc(C(F)(F)F)cc2NC1=O. The number of amides is 1. The molecule has 0 spiro atoms. The van der Waals surface area contributed by atoms with Gasteiger partial charge in [-0.3, -0.25) is 4.79 Å². The Kier molecular flexibility index (Phi) is 3.43. The van der Waals surface area contributed by atoms with E-state index in [0.29, 0.717) is 5.69 Å². The largest absolute Gasteiger partial charge is 0.416 e. The predicted molar refractivity (Wildman–Crippen MR) is 66.9 cm³/mol. The lowest BCUT2D eigenvalue weighted by atomic mass is 9.96. The van der Waals surface area contributed by atoms with Crippen LogP contribution in [0.1, 0.15) is 25.8 Å². The Morgan fingerprint density at radius 1 is 1.32 bits per heavy atom. The van der Waals surface area contributed by atoms with Gasteiger partial charge in [-0.15, -0.1) is 0 Å². The molecule has 0 fully saturated rings. The standard InChI is InChI=1S/C13H15F3N2O/c1-3-7(2)11-12(19)18-10-6-8(13(14,15)16)4-5-9(10)17-11/h4-7,11,17H,3H2,1-2H3,(H,18,19). The highest BCUT2D eigenvalue weighted by molar-refractivity contribution is 6.03. The molecule has 0 saturated heterocycles. The second-order valence-corrected chi connectivity index (χ2v) is 4.75. The number of anilines is 2. The summed E-state index contributed by atoms with van der Waals surface area (Å²) in [4.78, 5) is 11.9. The zero-order valence-electron chi connectivity index (χ0n) is 10.6. The summed E-state index contributed by atoms with van der Waals surface area (Å²) in [6, 6.07) is 2.91. The van der Waals surface area contributed by atoms with Gasteiger partial charge in [-0.05, 0) is 24.1 Å². The van der Waals surface area contributed by atoms with Crippen molar-refractivity contribution in [1.82, 2.24) is 0 Å². The fraction of sp³-hybridized carbons (Fsp3) is 0.462. The van der Waals surface area contributed by atoms with Crippen molar-refractivity contribution in [1.29, 1.82) is 0 Å². The summed E-state index contributed by atoms with van der Waals surface area (Å²) in [7, 11) is 0. The van der Waals surface area contributed by atoms with Crippen LogP contribution in [0.3, 0.4) is 0 Å². The van der Waals surface area contributed by atoms with Crippen LogP contribution in [0.2, 0.25) is 0 Å². The van der Waals surface area contributed by atoms with Crippen molar-refractivity contribution in [2.75, 3.05) is 10.6 Å². The lowest BCUT2D eigenvalue weighted by molar-refractivity contribution is -0.137. The van der Waals surface area contributed by atoms with Crippen molar-refractivity contribution in [3.05, 3.63) is 23.8 Å². The molecular formula is C13H15F3N2O. The Bertz CT molecular complexity index is 499. The summed E-state index contributed by atoms with van der Waals surface area (Å²) in [6.45, 7) is 3.88. The van der Waals surface area contributed by atoms with E-state index in [1.54, 1.807) is 0 Å². The Morgan fingerprint density at radius 2 is 2.00 bits per heavy atom. The van der Waals surface area contributed by atoms with Crippen molar-refractivity contribution < 1.29 is 18.0 Å². The zero-order valence-corrected chi connectivity index (χ0v) is 10.6. The molecule has 1 amide bonds. The van der Waals surface area contributed by atoms with Gasteiger partial charge in [0.05, 0.1) is 16.9 Å². The number of fused-ring (bicyclic) bond motifs is 1. The molecule has 1 heterocycles. The number of benzene rings is 1. The first-order chi connectivity index (χ1) is 8.82. The summed E-state index contributed by atoms with van der Waals surface area (Å²) >= 11 is 0. The Labute approximate surface area is 109 Å². The molecule has 6 heteroatoms. The number of hydrogen-bond acceptors (Lipinski definition) is 2. The number of rotatable bonds is 2. The topological polar surface area (TPSA) is 41.1 Å². The lowest BCUT2D eigenvalue weighted by Gasteiger charge is -2.30. The molecule has 104 valence electrons. The molecule has 0 aliphatic carbocycles. The number of halogens is 3. The lowest BCUT2D eigenvalue weighted by Crippen LogP contribution is -2.43. The van der Waals surface area contributed by atoms with Crippen molar-refractivity contribution in [3.63, 3.8) is 0 Å². The summed E-state index contributed by atoms with van der Waals surface area (Å²) in [5.41, 5.74) is -0.0624. The van der Waals surface area contributed by atoms with Gasteiger partial charge in [-0.2, -0.15) is 13.2 Å². The molecule has 1 aromatic rings. The fourth-order valence-electron chi connectivity index (χ4n) is 2.03. The molecule has 2 N–H and O–H groups in total. The number of hydrogen-bond donors (Lipinski definition) is 2. The van der Waals surface area contributed by atoms with Crippen LogP contribution in [0.5, 0.6) is 0 Å². The maximum absolute atomic E-state index is 12.6. The molecule has 0 bridgehead atoms.